The molecule has 0 amide bonds. The Balaban J connectivity index is 3.45. The standard InChI is InChI=1S/C50H90O4/c1-3-5-7-9-11-13-15-17-19-21-23-25-26-27-29-31-33-35-37-39-41-43-45-50(52)54-49(47-51)48-53-46-44-42-40-38-36-34-32-30-28-24-22-20-18-16-14-12-10-8-6-4-2/h6,8,12,14,18,20,24,28,32,34,49,51H,3-5,7,9-11,13,15-17,19,21-23,25-27,29-31,33,35-48H2,1-2H3/b8-6-,14-12-,20-18-,28-24-,34-32-. The zero-order valence-corrected chi connectivity index (χ0v) is 36.0. The van der Waals surface area contributed by atoms with Crippen LogP contribution in [0.1, 0.15) is 226 Å². The largest absolute Gasteiger partial charge is 0.457 e. The molecule has 0 saturated heterocycles. The van der Waals surface area contributed by atoms with Crippen molar-refractivity contribution in [3.63, 3.8) is 0 Å². The van der Waals surface area contributed by atoms with Gasteiger partial charge in [-0.15, -0.1) is 0 Å². The average molecular weight is 755 g/mol. The maximum atomic E-state index is 12.2. The molecule has 0 saturated carbocycles. The van der Waals surface area contributed by atoms with Crippen molar-refractivity contribution in [1.82, 2.24) is 0 Å². The number of hydrogen-bond acceptors (Lipinski definition) is 4. The summed E-state index contributed by atoms with van der Waals surface area (Å²) < 4.78 is 11.2. The van der Waals surface area contributed by atoms with E-state index in [2.05, 4.69) is 74.6 Å². The van der Waals surface area contributed by atoms with Crippen molar-refractivity contribution in [2.45, 2.75) is 232 Å². The number of rotatable bonds is 43. The summed E-state index contributed by atoms with van der Waals surface area (Å²) in [7, 11) is 0. The van der Waals surface area contributed by atoms with E-state index in [4.69, 9.17) is 9.47 Å². The van der Waals surface area contributed by atoms with Crippen LogP contribution in [0.25, 0.3) is 0 Å². The Morgan fingerprint density at radius 1 is 0.463 bits per heavy atom. The minimum atomic E-state index is -0.549. The second-order valence-electron chi connectivity index (χ2n) is 15.5. The maximum Gasteiger partial charge on any atom is 0.306 e. The highest BCUT2D eigenvalue weighted by molar-refractivity contribution is 5.69. The van der Waals surface area contributed by atoms with Crippen molar-refractivity contribution in [3.8, 4) is 0 Å². The van der Waals surface area contributed by atoms with Crippen molar-refractivity contribution in [2.24, 2.45) is 0 Å². The Bertz CT molecular complexity index is 885. The van der Waals surface area contributed by atoms with Crippen molar-refractivity contribution in [3.05, 3.63) is 60.8 Å². The highest BCUT2D eigenvalue weighted by atomic mass is 16.6. The summed E-state index contributed by atoms with van der Waals surface area (Å²) in [6.07, 6.45) is 63.0. The molecule has 314 valence electrons. The molecule has 0 spiro atoms. The fraction of sp³-hybridized carbons (Fsp3) is 0.780. The lowest BCUT2D eigenvalue weighted by Crippen LogP contribution is -2.27. The molecule has 0 aromatic heterocycles. The summed E-state index contributed by atoms with van der Waals surface area (Å²) >= 11 is 0. The van der Waals surface area contributed by atoms with E-state index < -0.39 is 6.10 Å². The van der Waals surface area contributed by atoms with Gasteiger partial charge in [-0.25, -0.2) is 0 Å². The molecule has 0 heterocycles. The molecule has 0 aliphatic heterocycles. The van der Waals surface area contributed by atoms with Crippen molar-refractivity contribution < 1.29 is 19.4 Å². The topological polar surface area (TPSA) is 55.8 Å². The monoisotopic (exact) mass is 755 g/mol. The van der Waals surface area contributed by atoms with Crippen molar-refractivity contribution in [2.75, 3.05) is 19.8 Å². The number of carbonyl (C=O) groups is 1. The van der Waals surface area contributed by atoms with Gasteiger partial charge in [0.1, 0.15) is 6.10 Å². The molecule has 0 fully saturated rings. The van der Waals surface area contributed by atoms with E-state index in [0.29, 0.717) is 13.0 Å². The Kier molecular flexibility index (Phi) is 45.6. The van der Waals surface area contributed by atoms with E-state index in [0.717, 1.165) is 64.2 Å². The highest BCUT2D eigenvalue weighted by Crippen LogP contribution is 2.16. The van der Waals surface area contributed by atoms with Crippen LogP contribution in [0.3, 0.4) is 0 Å². The second kappa shape index (κ2) is 47.2. The number of hydrogen-bond donors (Lipinski definition) is 1. The molecule has 1 N–H and O–H groups in total. The van der Waals surface area contributed by atoms with E-state index in [1.165, 1.54) is 141 Å². The molecule has 0 aliphatic rings. The first-order valence-electron chi connectivity index (χ1n) is 23.4. The first kappa shape index (κ1) is 52.1. The molecular formula is C50H90O4. The lowest BCUT2D eigenvalue weighted by Gasteiger charge is -2.15. The third-order valence-electron chi connectivity index (χ3n) is 10.1. The predicted molar refractivity (Wildman–Crippen MR) is 237 cm³/mol. The van der Waals surface area contributed by atoms with Gasteiger partial charge in [0, 0.05) is 13.0 Å². The van der Waals surface area contributed by atoms with Crippen LogP contribution in [0.15, 0.2) is 60.8 Å². The van der Waals surface area contributed by atoms with Crippen LogP contribution in [0, 0.1) is 0 Å². The first-order valence-corrected chi connectivity index (χ1v) is 23.4. The van der Waals surface area contributed by atoms with Crippen molar-refractivity contribution in [1.29, 1.82) is 0 Å². The molecule has 0 aromatic rings. The van der Waals surface area contributed by atoms with Gasteiger partial charge in [-0.2, -0.15) is 0 Å². The lowest BCUT2D eigenvalue weighted by molar-refractivity contribution is -0.154. The van der Waals surface area contributed by atoms with Gasteiger partial charge in [-0.1, -0.05) is 222 Å². The zero-order chi connectivity index (χ0) is 39.1. The highest BCUT2D eigenvalue weighted by Gasteiger charge is 2.13. The van der Waals surface area contributed by atoms with Gasteiger partial charge in [0.25, 0.3) is 0 Å². The fourth-order valence-corrected chi connectivity index (χ4v) is 6.65. The SMILES string of the molecule is CC/C=C\C/C=C\C/C=C\C/C=C\C/C=C\CCCCCCOCC(CO)OC(=O)CCCCCCCCCCCCCCCCCCCCCCCC. The molecule has 0 rings (SSSR count). The molecule has 0 aromatic carbocycles. The number of aliphatic hydroxyl groups excluding tert-OH is 1. The summed E-state index contributed by atoms with van der Waals surface area (Å²) in [4.78, 5) is 12.2. The summed E-state index contributed by atoms with van der Waals surface area (Å²) in [5, 5.41) is 9.62. The minimum absolute atomic E-state index is 0.182. The molecule has 1 unspecified atom stereocenters. The normalized spacial score (nSPS) is 12.9. The number of carbonyl (C=O) groups excluding carboxylic acids is 1. The van der Waals surface area contributed by atoms with Crippen LogP contribution >= 0.6 is 0 Å². The van der Waals surface area contributed by atoms with Crippen LogP contribution in [-0.2, 0) is 14.3 Å². The number of esters is 1. The van der Waals surface area contributed by atoms with E-state index in [9.17, 15) is 9.90 Å². The van der Waals surface area contributed by atoms with Gasteiger partial charge >= 0.3 is 5.97 Å². The quantitative estimate of drug-likeness (QED) is 0.0383. The molecule has 1 atom stereocenters. The van der Waals surface area contributed by atoms with Crippen LogP contribution in [0.4, 0.5) is 0 Å². The van der Waals surface area contributed by atoms with Crippen LogP contribution in [0.2, 0.25) is 0 Å². The number of ether oxygens (including phenoxy) is 2. The predicted octanol–water partition coefficient (Wildman–Crippen LogP) is 15.6. The van der Waals surface area contributed by atoms with Crippen LogP contribution < -0.4 is 0 Å². The smallest absolute Gasteiger partial charge is 0.306 e. The van der Waals surface area contributed by atoms with Gasteiger partial charge < -0.3 is 14.6 Å². The van der Waals surface area contributed by atoms with Gasteiger partial charge in [-0.3, -0.25) is 4.79 Å². The second-order valence-corrected chi connectivity index (χ2v) is 15.5. The zero-order valence-electron chi connectivity index (χ0n) is 36.0. The summed E-state index contributed by atoms with van der Waals surface area (Å²) in [6.45, 7) is 5.20. The molecule has 0 bridgehead atoms. The Morgan fingerprint density at radius 2 is 0.833 bits per heavy atom. The molecule has 4 nitrogen and oxygen atoms in total. The number of allylic oxidation sites excluding steroid dienone is 10. The molecule has 4 heteroatoms. The Hall–Kier alpha value is -1.91. The molecule has 0 radical (unpaired) electrons. The summed E-state index contributed by atoms with van der Waals surface area (Å²) in [5.74, 6) is -0.208. The Labute approximate surface area is 336 Å². The van der Waals surface area contributed by atoms with Gasteiger partial charge in [0.05, 0.1) is 13.2 Å². The lowest BCUT2D eigenvalue weighted by atomic mass is 10.0. The summed E-state index contributed by atoms with van der Waals surface area (Å²) in [5.41, 5.74) is 0. The van der Waals surface area contributed by atoms with Crippen LogP contribution in [0.5, 0.6) is 0 Å². The number of aliphatic hydroxyl groups is 1. The third-order valence-corrected chi connectivity index (χ3v) is 10.1. The van der Waals surface area contributed by atoms with E-state index in [1.54, 1.807) is 0 Å². The summed E-state index contributed by atoms with van der Waals surface area (Å²) in [6, 6.07) is 0. The molecule has 0 aliphatic carbocycles. The third kappa shape index (κ3) is 44.5. The molecular weight excluding hydrogens is 665 g/mol. The van der Waals surface area contributed by atoms with Gasteiger partial charge in [-0.05, 0) is 57.8 Å². The van der Waals surface area contributed by atoms with E-state index in [-0.39, 0.29) is 19.2 Å². The van der Waals surface area contributed by atoms with Gasteiger partial charge in [0.15, 0.2) is 0 Å². The minimum Gasteiger partial charge on any atom is -0.457 e. The Morgan fingerprint density at radius 3 is 1.26 bits per heavy atom. The average Bonchev–Trinajstić information content (AvgIpc) is 3.18. The van der Waals surface area contributed by atoms with Crippen molar-refractivity contribution >= 4 is 5.97 Å². The van der Waals surface area contributed by atoms with Gasteiger partial charge in [0.2, 0.25) is 0 Å². The molecule has 54 heavy (non-hydrogen) atoms. The maximum absolute atomic E-state index is 12.2. The number of unbranched alkanes of at least 4 members (excludes halogenated alkanes) is 25. The van der Waals surface area contributed by atoms with E-state index >= 15 is 0 Å². The van der Waals surface area contributed by atoms with E-state index in [1.807, 2.05) is 0 Å². The fourth-order valence-electron chi connectivity index (χ4n) is 6.65. The first-order chi connectivity index (χ1) is 26.7. The van der Waals surface area contributed by atoms with Crippen LogP contribution in [-0.4, -0.2) is 37.0 Å².